The molecule has 0 N–H and O–H groups in total. The first-order chi connectivity index (χ1) is 8.66. The van der Waals surface area contributed by atoms with Gasteiger partial charge >= 0.3 is 0 Å². The van der Waals surface area contributed by atoms with Crippen LogP contribution in [-0.2, 0) is 0 Å². The van der Waals surface area contributed by atoms with Gasteiger partial charge in [-0.05, 0) is 37.5 Å². The number of hydrogen-bond donors (Lipinski definition) is 0. The fourth-order valence-electron chi connectivity index (χ4n) is 2.64. The van der Waals surface area contributed by atoms with Gasteiger partial charge in [0, 0.05) is 23.0 Å². The second-order valence-electron chi connectivity index (χ2n) is 5.06. The lowest BCUT2D eigenvalue weighted by atomic mass is 10.1. The molecule has 2 aromatic rings. The van der Waals surface area contributed by atoms with Gasteiger partial charge in [0.1, 0.15) is 12.1 Å². The Morgan fingerprint density at radius 1 is 1.28 bits per heavy atom. The number of hydrogen-bond acceptors (Lipinski definition) is 3. The number of halogens is 1. The molecular formula is C14H16ClN3. The van der Waals surface area contributed by atoms with E-state index in [4.69, 9.17) is 11.6 Å². The minimum Gasteiger partial charge on any atom is -0.353 e. The molecule has 1 aliphatic rings. The monoisotopic (exact) mass is 261 g/mol. The van der Waals surface area contributed by atoms with E-state index in [2.05, 4.69) is 28.7 Å². The highest BCUT2D eigenvalue weighted by atomic mass is 35.5. The molecule has 4 heteroatoms. The number of fused-ring (bicyclic) bond motifs is 1. The second kappa shape index (κ2) is 4.39. The van der Waals surface area contributed by atoms with E-state index >= 15 is 0 Å². The van der Waals surface area contributed by atoms with Crippen LogP contribution in [0.2, 0.25) is 5.02 Å². The van der Waals surface area contributed by atoms with E-state index in [0.29, 0.717) is 12.0 Å². The lowest BCUT2D eigenvalue weighted by Crippen LogP contribution is -2.30. The van der Waals surface area contributed by atoms with E-state index in [1.54, 1.807) is 6.33 Å². The Bertz CT molecular complexity index is 584. The average molecular weight is 262 g/mol. The standard InChI is InChI=1S/C14H16ClN3/c1-9-5-6-18(10(9)2)14-12-4-3-11(15)7-13(12)16-8-17-14/h3-4,7-10H,5-6H2,1-2H3. The normalized spacial score (nSPS) is 23.8. The minimum atomic E-state index is 0.527. The minimum absolute atomic E-state index is 0.527. The van der Waals surface area contributed by atoms with Gasteiger partial charge in [-0.1, -0.05) is 18.5 Å². The Labute approximate surface area is 112 Å². The molecular weight excluding hydrogens is 246 g/mol. The maximum atomic E-state index is 6.01. The summed E-state index contributed by atoms with van der Waals surface area (Å²) < 4.78 is 0. The Morgan fingerprint density at radius 3 is 2.83 bits per heavy atom. The van der Waals surface area contributed by atoms with Gasteiger partial charge in [-0.2, -0.15) is 0 Å². The van der Waals surface area contributed by atoms with Gasteiger partial charge in [0.05, 0.1) is 5.52 Å². The lowest BCUT2D eigenvalue weighted by molar-refractivity contribution is 0.545. The highest BCUT2D eigenvalue weighted by Gasteiger charge is 2.29. The van der Waals surface area contributed by atoms with Crippen LogP contribution in [0.15, 0.2) is 24.5 Å². The molecule has 2 heterocycles. The van der Waals surface area contributed by atoms with Gasteiger partial charge in [0.15, 0.2) is 0 Å². The van der Waals surface area contributed by atoms with Crippen molar-refractivity contribution in [2.75, 3.05) is 11.4 Å². The van der Waals surface area contributed by atoms with Gasteiger partial charge in [0.2, 0.25) is 0 Å². The summed E-state index contributed by atoms with van der Waals surface area (Å²) in [6.07, 6.45) is 2.85. The quantitative estimate of drug-likeness (QED) is 0.787. The third-order valence-corrected chi connectivity index (χ3v) is 4.23. The SMILES string of the molecule is CC1CCN(c2ncnc3cc(Cl)ccc23)C1C. The zero-order chi connectivity index (χ0) is 12.7. The summed E-state index contributed by atoms with van der Waals surface area (Å²) >= 11 is 6.01. The summed E-state index contributed by atoms with van der Waals surface area (Å²) in [5.41, 5.74) is 0.916. The molecule has 3 rings (SSSR count). The molecule has 94 valence electrons. The van der Waals surface area contributed by atoms with Gasteiger partial charge in [-0.25, -0.2) is 9.97 Å². The Balaban J connectivity index is 2.12. The predicted octanol–water partition coefficient (Wildman–Crippen LogP) is 3.52. The highest BCUT2D eigenvalue weighted by Crippen LogP contribution is 2.32. The van der Waals surface area contributed by atoms with Crippen molar-refractivity contribution in [3.05, 3.63) is 29.5 Å². The van der Waals surface area contributed by atoms with Crippen LogP contribution in [-0.4, -0.2) is 22.6 Å². The van der Waals surface area contributed by atoms with Crippen molar-refractivity contribution in [2.24, 2.45) is 5.92 Å². The molecule has 0 radical (unpaired) electrons. The molecule has 0 aliphatic carbocycles. The van der Waals surface area contributed by atoms with Gasteiger partial charge < -0.3 is 4.90 Å². The molecule has 18 heavy (non-hydrogen) atoms. The Kier molecular flexibility index (Phi) is 2.86. The van der Waals surface area contributed by atoms with Crippen molar-refractivity contribution in [3.8, 4) is 0 Å². The summed E-state index contributed by atoms with van der Waals surface area (Å²) in [6, 6.07) is 6.34. The molecule has 3 nitrogen and oxygen atoms in total. The fourth-order valence-corrected chi connectivity index (χ4v) is 2.80. The van der Waals surface area contributed by atoms with Crippen LogP contribution >= 0.6 is 11.6 Å². The largest absolute Gasteiger partial charge is 0.353 e. The summed E-state index contributed by atoms with van der Waals surface area (Å²) in [5, 5.41) is 1.80. The third-order valence-electron chi connectivity index (χ3n) is 3.99. The smallest absolute Gasteiger partial charge is 0.140 e. The number of rotatable bonds is 1. The number of benzene rings is 1. The molecule has 0 amide bonds. The fraction of sp³-hybridized carbons (Fsp3) is 0.429. The first kappa shape index (κ1) is 11.7. The van der Waals surface area contributed by atoms with Crippen LogP contribution in [0, 0.1) is 5.92 Å². The van der Waals surface area contributed by atoms with Crippen LogP contribution in [0.4, 0.5) is 5.82 Å². The third kappa shape index (κ3) is 1.83. The highest BCUT2D eigenvalue weighted by molar-refractivity contribution is 6.31. The Hall–Kier alpha value is -1.35. The second-order valence-corrected chi connectivity index (χ2v) is 5.50. The molecule has 1 aliphatic heterocycles. The van der Waals surface area contributed by atoms with Crippen LogP contribution in [0.25, 0.3) is 10.9 Å². The topological polar surface area (TPSA) is 29.0 Å². The molecule has 1 aromatic heterocycles. The molecule has 1 fully saturated rings. The summed E-state index contributed by atoms with van der Waals surface area (Å²) in [7, 11) is 0. The van der Waals surface area contributed by atoms with Gasteiger partial charge in [-0.3, -0.25) is 0 Å². The zero-order valence-corrected chi connectivity index (χ0v) is 11.4. The molecule has 0 spiro atoms. The van der Waals surface area contributed by atoms with Crippen LogP contribution in [0.5, 0.6) is 0 Å². The molecule has 0 saturated carbocycles. The maximum Gasteiger partial charge on any atom is 0.140 e. The van der Waals surface area contributed by atoms with E-state index in [9.17, 15) is 0 Å². The van der Waals surface area contributed by atoms with Gasteiger partial charge in [-0.15, -0.1) is 0 Å². The molecule has 1 saturated heterocycles. The van der Waals surface area contributed by atoms with Crippen molar-refractivity contribution < 1.29 is 0 Å². The van der Waals surface area contributed by atoms with Crippen molar-refractivity contribution in [3.63, 3.8) is 0 Å². The summed E-state index contributed by atoms with van der Waals surface area (Å²) in [5.74, 6) is 1.75. The molecule has 1 aromatic carbocycles. The number of anilines is 1. The van der Waals surface area contributed by atoms with Crippen molar-refractivity contribution in [1.29, 1.82) is 0 Å². The Morgan fingerprint density at radius 2 is 2.11 bits per heavy atom. The first-order valence-corrected chi connectivity index (χ1v) is 6.71. The maximum absolute atomic E-state index is 6.01. The van der Waals surface area contributed by atoms with Crippen molar-refractivity contribution >= 4 is 28.3 Å². The van der Waals surface area contributed by atoms with E-state index in [1.807, 2.05) is 18.2 Å². The van der Waals surface area contributed by atoms with Crippen LogP contribution in [0.3, 0.4) is 0 Å². The molecule has 2 unspecified atom stereocenters. The van der Waals surface area contributed by atoms with E-state index in [1.165, 1.54) is 6.42 Å². The van der Waals surface area contributed by atoms with E-state index < -0.39 is 0 Å². The summed E-state index contributed by atoms with van der Waals surface area (Å²) in [4.78, 5) is 11.1. The predicted molar refractivity (Wildman–Crippen MR) is 75.1 cm³/mol. The first-order valence-electron chi connectivity index (χ1n) is 6.33. The van der Waals surface area contributed by atoms with Crippen molar-refractivity contribution in [2.45, 2.75) is 26.3 Å². The lowest BCUT2D eigenvalue weighted by Gasteiger charge is -2.25. The van der Waals surface area contributed by atoms with Crippen LogP contribution in [0.1, 0.15) is 20.3 Å². The summed E-state index contributed by atoms with van der Waals surface area (Å²) in [6.45, 7) is 5.63. The molecule has 2 atom stereocenters. The van der Waals surface area contributed by atoms with Gasteiger partial charge in [0.25, 0.3) is 0 Å². The molecule has 0 bridgehead atoms. The van der Waals surface area contributed by atoms with E-state index in [-0.39, 0.29) is 0 Å². The number of aromatic nitrogens is 2. The number of nitrogens with zero attached hydrogens (tertiary/aromatic N) is 3. The zero-order valence-electron chi connectivity index (χ0n) is 10.6. The average Bonchev–Trinajstić information content (AvgIpc) is 2.69. The van der Waals surface area contributed by atoms with Crippen LogP contribution < -0.4 is 4.90 Å². The van der Waals surface area contributed by atoms with E-state index in [0.717, 1.165) is 28.3 Å². The van der Waals surface area contributed by atoms with Crippen molar-refractivity contribution in [1.82, 2.24) is 9.97 Å².